The van der Waals surface area contributed by atoms with Crippen molar-refractivity contribution in [3.63, 3.8) is 0 Å². The van der Waals surface area contributed by atoms with Crippen molar-refractivity contribution >= 4 is 11.8 Å². The van der Waals surface area contributed by atoms with Gasteiger partial charge in [0.05, 0.1) is 20.3 Å². The zero-order chi connectivity index (χ0) is 12.0. The van der Waals surface area contributed by atoms with Crippen LogP contribution < -0.4 is 9.47 Å². The minimum absolute atomic E-state index is 0.502. The molecule has 1 rings (SSSR count). The van der Waals surface area contributed by atoms with Crippen molar-refractivity contribution in [3.05, 3.63) is 23.8 Å². The fraction of sp³-hybridized carbons (Fsp3) is 0.500. The molecule has 1 atom stereocenters. The maximum Gasteiger partial charge on any atom is 0.124 e. The van der Waals surface area contributed by atoms with E-state index in [1.165, 1.54) is 0 Å². The molecule has 0 aromatic heterocycles. The fourth-order valence-electron chi connectivity index (χ4n) is 1.48. The highest BCUT2D eigenvalue weighted by Crippen LogP contribution is 2.31. The van der Waals surface area contributed by atoms with Crippen molar-refractivity contribution in [3.8, 4) is 11.5 Å². The van der Waals surface area contributed by atoms with Crippen LogP contribution in [0.1, 0.15) is 18.1 Å². The van der Waals surface area contributed by atoms with Crippen LogP contribution in [0.5, 0.6) is 11.5 Å². The highest BCUT2D eigenvalue weighted by molar-refractivity contribution is 7.98. The summed E-state index contributed by atoms with van der Waals surface area (Å²) in [5, 5.41) is 10.0. The molecule has 0 spiro atoms. The third-order valence-electron chi connectivity index (χ3n) is 2.39. The molecule has 0 aliphatic carbocycles. The van der Waals surface area contributed by atoms with Crippen LogP contribution in [0, 0.1) is 0 Å². The molecular formula is C12H18O3S. The van der Waals surface area contributed by atoms with Crippen LogP contribution in [0.2, 0.25) is 0 Å². The molecule has 1 aromatic rings. The average molecular weight is 242 g/mol. The van der Waals surface area contributed by atoms with E-state index in [4.69, 9.17) is 9.47 Å². The predicted octanol–water partition coefficient (Wildman–Crippen LogP) is 2.49. The summed E-state index contributed by atoms with van der Waals surface area (Å²) in [5.41, 5.74) is 0.788. The van der Waals surface area contributed by atoms with Crippen LogP contribution in [0.25, 0.3) is 0 Å². The molecule has 0 radical (unpaired) electrons. The van der Waals surface area contributed by atoms with E-state index in [0.717, 1.165) is 17.1 Å². The lowest BCUT2D eigenvalue weighted by Gasteiger charge is -2.15. The smallest absolute Gasteiger partial charge is 0.124 e. The maximum absolute atomic E-state index is 10.0. The predicted molar refractivity (Wildman–Crippen MR) is 67.5 cm³/mol. The Balaban J connectivity index is 2.89. The number of rotatable bonds is 6. The second-order valence-electron chi connectivity index (χ2n) is 3.41. The van der Waals surface area contributed by atoms with Crippen molar-refractivity contribution < 1.29 is 14.6 Å². The number of hydrogen-bond donors (Lipinski definition) is 1. The number of ether oxygens (including phenoxy) is 2. The summed E-state index contributed by atoms with van der Waals surface area (Å²) in [6.45, 7) is 0. The van der Waals surface area contributed by atoms with Gasteiger partial charge in [-0.2, -0.15) is 11.8 Å². The summed E-state index contributed by atoms with van der Waals surface area (Å²) in [4.78, 5) is 0. The third-order valence-corrected chi connectivity index (χ3v) is 3.04. The molecule has 0 fully saturated rings. The van der Waals surface area contributed by atoms with E-state index in [1.54, 1.807) is 26.0 Å². The van der Waals surface area contributed by atoms with Gasteiger partial charge < -0.3 is 14.6 Å². The average Bonchev–Trinajstić information content (AvgIpc) is 2.35. The van der Waals surface area contributed by atoms with Gasteiger partial charge in [0, 0.05) is 5.56 Å². The molecule has 1 aromatic carbocycles. The van der Waals surface area contributed by atoms with Crippen molar-refractivity contribution in [2.45, 2.75) is 12.5 Å². The van der Waals surface area contributed by atoms with E-state index in [2.05, 4.69) is 0 Å². The van der Waals surface area contributed by atoms with E-state index in [9.17, 15) is 5.11 Å². The van der Waals surface area contributed by atoms with Crippen LogP contribution in [0.3, 0.4) is 0 Å². The zero-order valence-electron chi connectivity index (χ0n) is 9.90. The lowest BCUT2D eigenvalue weighted by Crippen LogP contribution is -2.02. The first-order valence-corrected chi connectivity index (χ1v) is 6.51. The quantitative estimate of drug-likeness (QED) is 0.832. The molecule has 0 saturated carbocycles. The zero-order valence-corrected chi connectivity index (χ0v) is 10.7. The van der Waals surface area contributed by atoms with E-state index in [0.29, 0.717) is 12.2 Å². The van der Waals surface area contributed by atoms with Crippen molar-refractivity contribution in [1.29, 1.82) is 0 Å². The number of aliphatic hydroxyl groups excluding tert-OH is 1. The topological polar surface area (TPSA) is 38.7 Å². The molecular weight excluding hydrogens is 224 g/mol. The summed E-state index contributed by atoms with van der Waals surface area (Å²) < 4.78 is 10.4. The van der Waals surface area contributed by atoms with Gasteiger partial charge in [-0.3, -0.25) is 0 Å². The molecule has 0 amide bonds. The van der Waals surface area contributed by atoms with Crippen LogP contribution in [-0.4, -0.2) is 31.3 Å². The molecule has 3 nitrogen and oxygen atoms in total. The summed E-state index contributed by atoms with van der Waals surface area (Å²) >= 11 is 1.72. The highest BCUT2D eigenvalue weighted by atomic mass is 32.2. The van der Waals surface area contributed by atoms with E-state index in [-0.39, 0.29) is 0 Å². The molecule has 1 N–H and O–H groups in total. The van der Waals surface area contributed by atoms with Gasteiger partial charge in [-0.1, -0.05) is 0 Å². The standard InChI is InChI=1S/C12H18O3S/c1-14-9-4-5-12(15-2)10(8-9)11(13)6-7-16-3/h4-5,8,11,13H,6-7H2,1-3H3. The fourth-order valence-corrected chi connectivity index (χ4v) is 1.94. The summed E-state index contributed by atoms with van der Waals surface area (Å²) in [6, 6.07) is 5.46. The number of methoxy groups -OCH3 is 2. The largest absolute Gasteiger partial charge is 0.497 e. The maximum atomic E-state index is 10.0. The van der Waals surface area contributed by atoms with Crippen LogP contribution in [0.4, 0.5) is 0 Å². The Morgan fingerprint density at radius 3 is 2.62 bits per heavy atom. The van der Waals surface area contributed by atoms with Gasteiger partial charge in [0.1, 0.15) is 11.5 Å². The first-order chi connectivity index (χ1) is 7.72. The number of aliphatic hydroxyl groups is 1. The Morgan fingerprint density at radius 2 is 2.06 bits per heavy atom. The van der Waals surface area contributed by atoms with E-state index >= 15 is 0 Å². The van der Waals surface area contributed by atoms with Gasteiger partial charge in [-0.15, -0.1) is 0 Å². The lowest BCUT2D eigenvalue weighted by atomic mass is 10.1. The summed E-state index contributed by atoms with van der Waals surface area (Å²) in [7, 11) is 3.21. The lowest BCUT2D eigenvalue weighted by molar-refractivity contribution is 0.170. The molecule has 0 heterocycles. The number of thioether (sulfide) groups is 1. The number of benzene rings is 1. The Bertz CT molecular complexity index is 328. The first kappa shape index (κ1) is 13.2. The van der Waals surface area contributed by atoms with Gasteiger partial charge in [-0.25, -0.2) is 0 Å². The molecule has 0 bridgehead atoms. The highest BCUT2D eigenvalue weighted by Gasteiger charge is 2.13. The minimum atomic E-state index is -0.502. The second-order valence-corrected chi connectivity index (χ2v) is 4.39. The van der Waals surface area contributed by atoms with Crippen molar-refractivity contribution in [1.82, 2.24) is 0 Å². The third kappa shape index (κ3) is 3.32. The Kier molecular flexibility index (Phi) is 5.49. The van der Waals surface area contributed by atoms with Gasteiger partial charge in [0.2, 0.25) is 0 Å². The molecule has 16 heavy (non-hydrogen) atoms. The van der Waals surface area contributed by atoms with Gasteiger partial charge in [0.15, 0.2) is 0 Å². The minimum Gasteiger partial charge on any atom is -0.497 e. The van der Waals surface area contributed by atoms with Crippen LogP contribution in [-0.2, 0) is 0 Å². The summed E-state index contributed by atoms with van der Waals surface area (Å²) in [5.74, 6) is 2.36. The Labute approximate surface area is 101 Å². The summed E-state index contributed by atoms with van der Waals surface area (Å²) in [6.07, 6.45) is 2.23. The van der Waals surface area contributed by atoms with Crippen LogP contribution >= 0.6 is 11.8 Å². The molecule has 90 valence electrons. The first-order valence-electron chi connectivity index (χ1n) is 5.11. The van der Waals surface area contributed by atoms with Gasteiger partial charge in [0.25, 0.3) is 0 Å². The number of hydrogen-bond acceptors (Lipinski definition) is 4. The van der Waals surface area contributed by atoms with E-state index in [1.807, 2.05) is 24.5 Å². The monoisotopic (exact) mass is 242 g/mol. The normalized spacial score (nSPS) is 12.2. The molecule has 0 saturated heterocycles. The second kappa shape index (κ2) is 6.66. The molecule has 4 heteroatoms. The van der Waals surface area contributed by atoms with Crippen LogP contribution in [0.15, 0.2) is 18.2 Å². The molecule has 1 unspecified atom stereocenters. The Morgan fingerprint density at radius 1 is 1.31 bits per heavy atom. The van der Waals surface area contributed by atoms with Crippen molar-refractivity contribution in [2.24, 2.45) is 0 Å². The van der Waals surface area contributed by atoms with Crippen molar-refractivity contribution in [2.75, 3.05) is 26.2 Å². The SMILES string of the molecule is COc1ccc(OC)c(C(O)CCSC)c1. The molecule has 0 aliphatic rings. The van der Waals surface area contributed by atoms with Gasteiger partial charge in [-0.05, 0) is 36.6 Å². The Hall–Kier alpha value is -0.870. The van der Waals surface area contributed by atoms with E-state index < -0.39 is 6.10 Å². The molecule has 0 aliphatic heterocycles. The van der Waals surface area contributed by atoms with Gasteiger partial charge >= 0.3 is 0 Å².